The van der Waals surface area contributed by atoms with Crippen LogP contribution in [0.2, 0.25) is 0 Å². The summed E-state index contributed by atoms with van der Waals surface area (Å²) >= 11 is 0. The molecular formula is C10H19NO. The summed E-state index contributed by atoms with van der Waals surface area (Å²) in [4.78, 5) is 0. The fourth-order valence-corrected chi connectivity index (χ4v) is 2.72. The molecule has 0 aromatic heterocycles. The van der Waals surface area contributed by atoms with E-state index in [2.05, 4.69) is 5.32 Å². The lowest BCUT2D eigenvalue weighted by molar-refractivity contribution is 0.134. The zero-order valence-electron chi connectivity index (χ0n) is 7.63. The maximum atomic E-state index is 9.02. The van der Waals surface area contributed by atoms with Gasteiger partial charge in [-0.1, -0.05) is 12.8 Å². The van der Waals surface area contributed by atoms with Crippen LogP contribution in [0.1, 0.15) is 38.5 Å². The molecule has 0 amide bonds. The van der Waals surface area contributed by atoms with E-state index in [1.165, 1.54) is 38.5 Å². The standard InChI is InChI=1S/C10H19NO/c12-7-9-6-5-8-3-1-2-4-10(8)11-9/h8-12H,1-7H2/t8-,9-,10+/m1/s1. The third kappa shape index (κ3) is 1.64. The quantitative estimate of drug-likeness (QED) is 0.620. The van der Waals surface area contributed by atoms with Crippen molar-refractivity contribution in [2.75, 3.05) is 6.61 Å². The zero-order chi connectivity index (χ0) is 8.39. The van der Waals surface area contributed by atoms with Crippen LogP contribution in [-0.4, -0.2) is 23.8 Å². The average molecular weight is 169 g/mol. The van der Waals surface area contributed by atoms with Crippen LogP contribution in [0, 0.1) is 5.92 Å². The van der Waals surface area contributed by atoms with E-state index in [1.54, 1.807) is 0 Å². The van der Waals surface area contributed by atoms with Crippen LogP contribution in [0.3, 0.4) is 0 Å². The number of fused-ring (bicyclic) bond motifs is 1. The van der Waals surface area contributed by atoms with Crippen LogP contribution in [0.15, 0.2) is 0 Å². The normalized spacial score (nSPS) is 42.2. The maximum Gasteiger partial charge on any atom is 0.0584 e. The Bertz CT molecular complexity index is 149. The van der Waals surface area contributed by atoms with Gasteiger partial charge in [-0.2, -0.15) is 0 Å². The predicted octanol–water partition coefficient (Wildman–Crippen LogP) is 1.29. The minimum absolute atomic E-state index is 0.323. The minimum atomic E-state index is 0.323. The average Bonchev–Trinajstić information content (AvgIpc) is 2.17. The van der Waals surface area contributed by atoms with Gasteiger partial charge in [0.25, 0.3) is 0 Å². The largest absolute Gasteiger partial charge is 0.395 e. The van der Waals surface area contributed by atoms with E-state index >= 15 is 0 Å². The SMILES string of the molecule is OC[C@H]1CC[C@H]2CCCC[C@@H]2N1. The monoisotopic (exact) mass is 169 g/mol. The summed E-state index contributed by atoms with van der Waals surface area (Å²) < 4.78 is 0. The van der Waals surface area contributed by atoms with Crippen molar-refractivity contribution in [3.05, 3.63) is 0 Å². The maximum absolute atomic E-state index is 9.02. The summed E-state index contributed by atoms with van der Waals surface area (Å²) in [6, 6.07) is 1.12. The van der Waals surface area contributed by atoms with E-state index in [-0.39, 0.29) is 0 Å². The first-order chi connectivity index (χ1) is 5.90. The highest BCUT2D eigenvalue weighted by molar-refractivity contribution is 4.88. The van der Waals surface area contributed by atoms with Crippen molar-refractivity contribution in [1.29, 1.82) is 0 Å². The Morgan fingerprint density at radius 3 is 2.75 bits per heavy atom. The lowest BCUT2D eigenvalue weighted by atomic mass is 9.78. The third-order valence-electron chi connectivity index (χ3n) is 3.47. The molecule has 1 aliphatic carbocycles. The van der Waals surface area contributed by atoms with Gasteiger partial charge in [-0.15, -0.1) is 0 Å². The van der Waals surface area contributed by atoms with Crippen molar-refractivity contribution in [1.82, 2.24) is 5.32 Å². The summed E-state index contributed by atoms with van der Waals surface area (Å²) in [6.45, 7) is 0.323. The van der Waals surface area contributed by atoms with Gasteiger partial charge in [-0.05, 0) is 31.6 Å². The van der Waals surface area contributed by atoms with E-state index < -0.39 is 0 Å². The molecule has 70 valence electrons. The van der Waals surface area contributed by atoms with Crippen molar-refractivity contribution in [2.24, 2.45) is 5.92 Å². The Labute approximate surface area is 74.4 Å². The second-order valence-electron chi connectivity index (χ2n) is 4.27. The number of rotatable bonds is 1. The van der Waals surface area contributed by atoms with Crippen molar-refractivity contribution in [2.45, 2.75) is 50.6 Å². The highest BCUT2D eigenvalue weighted by Gasteiger charge is 2.30. The number of aliphatic hydroxyl groups excluding tert-OH is 1. The molecule has 3 atom stereocenters. The van der Waals surface area contributed by atoms with Gasteiger partial charge in [-0.3, -0.25) is 0 Å². The summed E-state index contributed by atoms with van der Waals surface area (Å²) in [7, 11) is 0. The van der Waals surface area contributed by atoms with Gasteiger partial charge in [0.2, 0.25) is 0 Å². The highest BCUT2D eigenvalue weighted by Crippen LogP contribution is 2.31. The third-order valence-corrected chi connectivity index (χ3v) is 3.47. The number of nitrogens with one attached hydrogen (secondary N) is 1. The summed E-state index contributed by atoms with van der Waals surface area (Å²) in [5.41, 5.74) is 0. The second-order valence-corrected chi connectivity index (χ2v) is 4.27. The van der Waals surface area contributed by atoms with Gasteiger partial charge < -0.3 is 10.4 Å². The lowest BCUT2D eigenvalue weighted by Gasteiger charge is -2.39. The lowest BCUT2D eigenvalue weighted by Crippen LogP contribution is -2.50. The first-order valence-electron chi connectivity index (χ1n) is 5.27. The summed E-state index contributed by atoms with van der Waals surface area (Å²) in [5, 5.41) is 12.6. The van der Waals surface area contributed by atoms with E-state index in [0.29, 0.717) is 12.6 Å². The summed E-state index contributed by atoms with van der Waals surface area (Å²) in [5.74, 6) is 0.918. The van der Waals surface area contributed by atoms with E-state index in [1.807, 2.05) is 0 Å². The Morgan fingerprint density at radius 2 is 1.92 bits per heavy atom. The van der Waals surface area contributed by atoms with Crippen LogP contribution < -0.4 is 5.32 Å². The molecule has 0 spiro atoms. The van der Waals surface area contributed by atoms with Crippen LogP contribution in [0.5, 0.6) is 0 Å². The number of hydrogen-bond acceptors (Lipinski definition) is 2. The van der Waals surface area contributed by atoms with Crippen LogP contribution >= 0.6 is 0 Å². The molecule has 2 rings (SSSR count). The van der Waals surface area contributed by atoms with E-state index in [0.717, 1.165) is 12.0 Å². The van der Waals surface area contributed by atoms with Crippen molar-refractivity contribution >= 4 is 0 Å². The Kier molecular flexibility index (Phi) is 2.66. The second kappa shape index (κ2) is 3.75. The molecule has 0 aromatic rings. The fraction of sp³-hybridized carbons (Fsp3) is 1.00. The molecule has 2 nitrogen and oxygen atoms in total. The van der Waals surface area contributed by atoms with Gasteiger partial charge in [-0.25, -0.2) is 0 Å². The van der Waals surface area contributed by atoms with Gasteiger partial charge in [0.15, 0.2) is 0 Å². The van der Waals surface area contributed by atoms with E-state index in [9.17, 15) is 0 Å². The van der Waals surface area contributed by atoms with Crippen LogP contribution in [-0.2, 0) is 0 Å². The van der Waals surface area contributed by atoms with Crippen LogP contribution in [0.25, 0.3) is 0 Å². The molecular weight excluding hydrogens is 150 g/mol. The van der Waals surface area contributed by atoms with Crippen molar-refractivity contribution in [3.8, 4) is 0 Å². The number of aliphatic hydroxyl groups is 1. The van der Waals surface area contributed by atoms with Gasteiger partial charge in [0.1, 0.15) is 0 Å². The molecule has 2 heteroatoms. The topological polar surface area (TPSA) is 32.3 Å². The molecule has 1 heterocycles. The first kappa shape index (κ1) is 8.52. The highest BCUT2D eigenvalue weighted by atomic mass is 16.3. The molecule has 1 saturated carbocycles. The summed E-state index contributed by atoms with van der Waals surface area (Å²) in [6.07, 6.45) is 8.07. The van der Waals surface area contributed by atoms with E-state index in [4.69, 9.17) is 5.11 Å². The number of hydrogen-bond donors (Lipinski definition) is 2. The zero-order valence-corrected chi connectivity index (χ0v) is 7.63. The Morgan fingerprint density at radius 1 is 1.08 bits per heavy atom. The minimum Gasteiger partial charge on any atom is -0.395 e. The molecule has 12 heavy (non-hydrogen) atoms. The molecule has 2 fully saturated rings. The molecule has 2 aliphatic rings. The smallest absolute Gasteiger partial charge is 0.0584 e. The van der Waals surface area contributed by atoms with Crippen molar-refractivity contribution < 1.29 is 5.11 Å². The van der Waals surface area contributed by atoms with Crippen LogP contribution in [0.4, 0.5) is 0 Å². The molecule has 1 aliphatic heterocycles. The van der Waals surface area contributed by atoms with Gasteiger partial charge >= 0.3 is 0 Å². The predicted molar refractivity (Wildman–Crippen MR) is 49.0 cm³/mol. The number of piperidine rings is 1. The van der Waals surface area contributed by atoms with Crippen molar-refractivity contribution in [3.63, 3.8) is 0 Å². The molecule has 2 N–H and O–H groups in total. The molecule has 0 aromatic carbocycles. The molecule has 0 bridgehead atoms. The van der Waals surface area contributed by atoms with Gasteiger partial charge in [0.05, 0.1) is 6.61 Å². The molecule has 0 radical (unpaired) electrons. The Hall–Kier alpha value is -0.0800. The fourth-order valence-electron chi connectivity index (χ4n) is 2.72. The molecule has 1 saturated heterocycles. The molecule has 0 unspecified atom stereocenters. The first-order valence-corrected chi connectivity index (χ1v) is 5.27. The van der Waals surface area contributed by atoms with Gasteiger partial charge in [0, 0.05) is 12.1 Å². The Balaban J connectivity index is 1.90.